The summed E-state index contributed by atoms with van der Waals surface area (Å²) in [5.41, 5.74) is 0.0489. The smallest absolute Gasteiger partial charge is 0.130 e. The summed E-state index contributed by atoms with van der Waals surface area (Å²) < 4.78 is 11.3. The van der Waals surface area contributed by atoms with Crippen LogP contribution >= 0.6 is 0 Å². The van der Waals surface area contributed by atoms with Crippen LogP contribution in [-0.4, -0.2) is 38.0 Å². The molecule has 1 N–H and O–H groups in total. The molecule has 1 atom stereocenters. The standard InChI is InChI=1S/C11H19NO2/c1-2-4-9(3-1)10-11(7-13-8-11)14-6-5-12-10/h9-10,12H,1-8H2. The van der Waals surface area contributed by atoms with Crippen molar-refractivity contribution in [2.24, 2.45) is 5.92 Å². The first-order chi connectivity index (χ1) is 6.91. The van der Waals surface area contributed by atoms with E-state index in [-0.39, 0.29) is 5.60 Å². The minimum absolute atomic E-state index is 0.0489. The zero-order chi connectivity index (χ0) is 9.43. The van der Waals surface area contributed by atoms with Crippen LogP contribution in [0.15, 0.2) is 0 Å². The Hall–Kier alpha value is -0.120. The van der Waals surface area contributed by atoms with E-state index < -0.39 is 0 Å². The summed E-state index contributed by atoms with van der Waals surface area (Å²) in [5.74, 6) is 0.833. The van der Waals surface area contributed by atoms with E-state index in [2.05, 4.69) is 5.32 Å². The van der Waals surface area contributed by atoms with E-state index in [4.69, 9.17) is 9.47 Å². The molecule has 0 aromatic rings. The molecule has 3 heteroatoms. The van der Waals surface area contributed by atoms with Gasteiger partial charge in [-0.2, -0.15) is 0 Å². The van der Waals surface area contributed by atoms with Crippen LogP contribution in [0, 0.1) is 5.92 Å². The first-order valence-corrected chi connectivity index (χ1v) is 5.86. The third-order valence-corrected chi connectivity index (χ3v) is 3.99. The van der Waals surface area contributed by atoms with Crippen molar-refractivity contribution in [1.29, 1.82) is 0 Å². The second-order valence-electron chi connectivity index (χ2n) is 4.88. The Morgan fingerprint density at radius 1 is 1.14 bits per heavy atom. The molecule has 0 bridgehead atoms. The van der Waals surface area contributed by atoms with Gasteiger partial charge in [0.25, 0.3) is 0 Å². The van der Waals surface area contributed by atoms with Gasteiger partial charge in [0.15, 0.2) is 0 Å². The van der Waals surface area contributed by atoms with Gasteiger partial charge < -0.3 is 14.8 Å². The largest absolute Gasteiger partial charge is 0.375 e. The van der Waals surface area contributed by atoms with Crippen LogP contribution < -0.4 is 5.32 Å². The first-order valence-electron chi connectivity index (χ1n) is 5.86. The second kappa shape index (κ2) is 3.47. The first kappa shape index (κ1) is 9.13. The number of nitrogens with one attached hydrogen (secondary N) is 1. The Labute approximate surface area is 85.1 Å². The molecule has 2 aliphatic heterocycles. The van der Waals surface area contributed by atoms with Crippen LogP contribution in [0.1, 0.15) is 25.7 Å². The zero-order valence-electron chi connectivity index (χ0n) is 8.63. The molecule has 0 aromatic carbocycles. The van der Waals surface area contributed by atoms with E-state index in [1.165, 1.54) is 25.7 Å². The zero-order valence-corrected chi connectivity index (χ0v) is 8.63. The number of morpholine rings is 1. The fourth-order valence-electron chi connectivity index (χ4n) is 3.20. The van der Waals surface area contributed by atoms with Crippen molar-refractivity contribution in [1.82, 2.24) is 5.32 Å². The van der Waals surface area contributed by atoms with Crippen LogP contribution in [0.5, 0.6) is 0 Å². The van der Waals surface area contributed by atoms with Crippen LogP contribution in [0.4, 0.5) is 0 Å². The number of hydrogen-bond donors (Lipinski definition) is 1. The lowest BCUT2D eigenvalue weighted by atomic mass is 9.81. The summed E-state index contributed by atoms with van der Waals surface area (Å²) in [6.45, 7) is 3.48. The lowest BCUT2D eigenvalue weighted by Crippen LogP contribution is -2.69. The van der Waals surface area contributed by atoms with E-state index in [1.807, 2.05) is 0 Å². The van der Waals surface area contributed by atoms with Crippen molar-refractivity contribution < 1.29 is 9.47 Å². The normalized spacial score (nSPS) is 37.3. The molecule has 0 radical (unpaired) electrons. The van der Waals surface area contributed by atoms with Crippen molar-refractivity contribution in [3.8, 4) is 0 Å². The predicted molar refractivity (Wildman–Crippen MR) is 53.3 cm³/mol. The maximum Gasteiger partial charge on any atom is 0.130 e. The highest BCUT2D eigenvalue weighted by molar-refractivity contribution is 5.04. The van der Waals surface area contributed by atoms with Crippen molar-refractivity contribution in [3.63, 3.8) is 0 Å². The van der Waals surface area contributed by atoms with Gasteiger partial charge >= 0.3 is 0 Å². The summed E-state index contributed by atoms with van der Waals surface area (Å²) in [6.07, 6.45) is 5.56. The molecule has 0 amide bonds. The van der Waals surface area contributed by atoms with Crippen molar-refractivity contribution in [3.05, 3.63) is 0 Å². The molecule has 1 unspecified atom stereocenters. The van der Waals surface area contributed by atoms with E-state index >= 15 is 0 Å². The SMILES string of the molecule is C1CCC(C2NCCOC23COC3)C1. The summed E-state index contributed by atoms with van der Waals surface area (Å²) >= 11 is 0. The highest BCUT2D eigenvalue weighted by atomic mass is 16.6. The monoisotopic (exact) mass is 197 g/mol. The molecule has 3 fully saturated rings. The molecule has 1 saturated carbocycles. The fraction of sp³-hybridized carbons (Fsp3) is 1.00. The van der Waals surface area contributed by atoms with Crippen LogP contribution in [0.25, 0.3) is 0 Å². The number of rotatable bonds is 1. The lowest BCUT2D eigenvalue weighted by molar-refractivity contribution is -0.244. The van der Waals surface area contributed by atoms with Crippen LogP contribution in [-0.2, 0) is 9.47 Å². The van der Waals surface area contributed by atoms with Gasteiger partial charge in [-0.05, 0) is 18.8 Å². The Morgan fingerprint density at radius 3 is 2.57 bits per heavy atom. The molecule has 0 aromatic heterocycles. The Balaban J connectivity index is 1.74. The van der Waals surface area contributed by atoms with Gasteiger partial charge in [0.05, 0.1) is 19.8 Å². The molecule has 3 aliphatic rings. The van der Waals surface area contributed by atoms with E-state index in [0.717, 1.165) is 32.3 Å². The summed E-state index contributed by atoms with van der Waals surface area (Å²) in [6, 6.07) is 0.562. The van der Waals surface area contributed by atoms with E-state index in [9.17, 15) is 0 Å². The van der Waals surface area contributed by atoms with Gasteiger partial charge in [-0.1, -0.05) is 12.8 Å². The van der Waals surface area contributed by atoms with Gasteiger partial charge in [-0.15, -0.1) is 0 Å². The predicted octanol–water partition coefficient (Wildman–Crippen LogP) is 0.934. The second-order valence-corrected chi connectivity index (χ2v) is 4.88. The third-order valence-electron chi connectivity index (χ3n) is 3.99. The average molecular weight is 197 g/mol. The number of hydrogen-bond acceptors (Lipinski definition) is 3. The molecule has 3 nitrogen and oxygen atoms in total. The number of ether oxygens (including phenoxy) is 2. The topological polar surface area (TPSA) is 30.5 Å². The Bertz CT molecular complexity index is 209. The van der Waals surface area contributed by atoms with Gasteiger partial charge in [0, 0.05) is 12.6 Å². The van der Waals surface area contributed by atoms with Gasteiger partial charge in [0.2, 0.25) is 0 Å². The maximum absolute atomic E-state index is 5.94. The van der Waals surface area contributed by atoms with Gasteiger partial charge in [0.1, 0.15) is 5.60 Å². The third kappa shape index (κ3) is 1.30. The highest BCUT2D eigenvalue weighted by Crippen LogP contribution is 2.38. The quantitative estimate of drug-likeness (QED) is 0.678. The molecule has 1 spiro atoms. The maximum atomic E-state index is 5.94. The summed E-state index contributed by atoms with van der Waals surface area (Å²) in [5, 5.41) is 3.65. The van der Waals surface area contributed by atoms with Gasteiger partial charge in [-0.25, -0.2) is 0 Å². The lowest BCUT2D eigenvalue weighted by Gasteiger charge is -2.51. The summed E-state index contributed by atoms with van der Waals surface area (Å²) in [4.78, 5) is 0. The van der Waals surface area contributed by atoms with Crippen LogP contribution in [0.3, 0.4) is 0 Å². The summed E-state index contributed by atoms with van der Waals surface area (Å²) in [7, 11) is 0. The van der Waals surface area contributed by atoms with Crippen molar-refractivity contribution >= 4 is 0 Å². The van der Waals surface area contributed by atoms with E-state index in [0.29, 0.717) is 6.04 Å². The molecular formula is C11H19NO2. The minimum atomic E-state index is 0.0489. The average Bonchev–Trinajstić information content (AvgIpc) is 2.68. The Morgan fingerprint density at radius 2 is 1.93 bits per heavy atom. The van der Waals surface area contributed by atoms with Crippen molar-refractivity contribution in [2.75, 3.05) is 26.4 Å². The van der Waals surface area contributed by atoms with Crippen molar-refractivity contribution in [2.45, 2.75) is 37.3 Å². The molecule has 1 aliphatic carbocycles. The highest BCUT2D eigenvalue weighted by Gasteiger charge is 2.51. The molecule has 2 saturated heterocycles. The molecule has 2 heterocycles. The fourth-order valence-corrected chi connectivity index (χ4v) is 3.20. The van der Waals surface area contributed by atoms with Gasteiger partial charge in [-0.3, -0.25) is 0 Å². The molecule has 3 rings (SSSR count). The molecule has 14 heavy (non-hydrogen) atoms. The Kier molecular flexibility index (Phi) is 2.26. The van der Waals surface area contributed by atoms with Crippen LogP contribution in [0.2, 0.25) is 0 Å². The van der Waals surface area contributed by atoms with E-state index in [1.54, 1.807) is 0 Å². The molecular weight excluding hydrogens is 178 g/mol. The molecule has 80 valence electrons. The minimum Gasteiger partial charge on any atom is -0.375 e.